The summed E-state index contributed by atoms with van der Waals surface area (Å²) in [6.07, 6.45) is 3.02. The van der Waals surface area contributed by atoms with Crippen LogP contribution in [0.15, 0.2) is 6.20 Å². The van der Waals surface area contributed by atoms with Crippen LogP contribution in [0.4, 0.5) is 5.95 Å². The summed E-state index contributed by atoms with van der Waals surface area (Å²) in [5.41, 5.74) is 6.98. The van der Waals surface area contributed by atoms with Crippen LogP contribution in [0.3, 0.4) is 0 Å². The van der Waals surface area contributed by atoms with E-state index in [4.69, 9.17) is 5.73 Å². The zero-order valence-corrected chi connectivity index (χ0v) is 8.20. The molecule has 0 saturated carbocycles. The summed E-state index contributed by atoms with van der Waals surface area (Å²) in [7, 11) is 2.14. The SMILES string of the molecule is CC1CCn2c(cnc2N)CN1C. The van der Waals surface area contributed by atoms with Gasteiger partial charge in [0.1, 0.15) is 0 Å². The van der Waals surface area contributed by atoms with Gasteiger partial charge in [0.2, 0.25) is 0 Å². The second-order valence-electron chi connectivity index (χ2n) is 3.81. The van der Waals surface area contributed by atoms with E-state index in [0.29, 0.717) is 12.0 Å². The minimum Gasteiger partial charge on any atom is -0.369 e. The minimum atomic E-state index is 0.624. The third kappa shape index (κ3) is 1.42. The highest BCUT2D eigenvalue weighted by atomic mass is 15.2. The van der Waals surface area contributed by atoms with Crippen LogP contribution in [-0.2, 0) is 13.1 Å². The maximum absolute atomic E-state index is 5.76. The molecule has 2 N–H and O–H groups in total. The highest BCUT2D eigenvalue weighted by Crippen LogP contribution is 2.18. The number of fused-ring (bicyclic) bond motifs is 1. The molecule has 4 heteroatoms. The van der Waals surface area contributed by atoms with Gasteiger partial charge in [0, 0.05) is 19.1 Å². The van der Waals surface area contributed by atoms with Crippen molar-refractivity contribution in [3.05, 3.63) is 11.9 Å². The van der Waals surface area contributed by atoms with Gasteiger partial charge in [-0.25, -0.2) is 4.98 Å². The van der Waals surface area contributed by atoms with Gasteiger partial charge in [0.25, 0.3) is 0 Å². The molecule has 0 aliphatic carbocycles. The molecule has 1 aliphatic heterocycles. The molecular formula is C9H16N4. The molecule has 0 spiro atoms. The fourth-order valence-corrected chi connectivity index (χ4v) is 1.76. The van der Waals surface area contributed by atoms with E-state index in [1.807, 2.05) is 6.20 Å². The number of nitrogens with two attached hydrogens (primary N) is 1. The van der Waals surface area contributed by atoms with E-state index in [2.05, 4.69) is 28.4 Å². The fraction of sp³-hybridized carbons (Fsp3) is 0.667. The van der Waals surface area contributed by atoms with Gasteiger partial charge in [-0.05, 0) is 20.4 Å². The van der Waals surface area contributed by atoms with E-state index in [9.17, 15) is 0 Å². The van der Waals surface area contributed by atoms with Crippen molar-refractivity contribution in [2.45, 2.75) is 32.5 Å². The molecule has 1 aliphatic rings. The Balaban J connectivity index is 2.30. The van der Waals surface area contributed by atoms with Gasteiger partial charge in [0.05, 0.1) is 11.9 Å². The van der Waals surface area contributed by atoms with Gasteiger partial charge in [0.15, 0.2) is 5.95 Å². The molecule has 2 rings (SSSR count). The summed E-state index contributed by atoms with van der Waals surface area (Å²) in [6, 6.07) is 0.624. The molecule has 0 aromatic carbocycles. The van der Waals surface area contributed by atoms with Gasteiger partial charge < -0.3 is 10.3 Å². The van der Waals surface area contributed by atoms with E-state index in [-0.39, 0.29) is 0 Å². The van der Waals surface area contributed by atoms with Gasteiger partial charge >= 0.3 is 0 Å². The van der Waals surface area contributed by atoms with E-state index in [1.165, 1.54) is 5.69 Å². The maximum atomic E-state index is 5.76. The van der Waals surface area contributed by atoms with Crippen molar-refractivity contribution in [3.8, 4) is 0 Å². The Morgan fingerprint density at radius 1 is 1.62 bits per heavy atom. The highest BCUT2D eigenvalue weighted by Gasteiger charge is 2.18. The molecule has 1 aromatic heterocycles. The number of anilines is 1. The third-order valence-corrected chi connectivity index (χ3v) is 2.90. The van der Waals surface area contributed by atoms with Gasteiger partial charge in [-0.15, -0.1) is 0 Å². The summed E-state index contributed by atoms with van der Waals surface area (Å²) < 4.78 is 2.11. The van der Waals surface area contributed by atoms with Crippen molar-refractivity contribution in [2.24, 2.45) is 0 Å². The number of hydrogen-bond acceptors (Lipinski definition) is 3. The summed E-state index contributed by atoms with van der Waals surface area (Å²) in [6.45, 7) is 4.19. The Hall–Kier alpha value is -1.03. The first kappa shape index (κ1) is 8.56. The Morgan fingerprint density at radius 3 is 3.15 bits per heavy atom. The van der Waals surface area contributed by atoms with E-state index in [1.54, 1.807) is 0 Å². The molecule has 72 valence electrons. The first-order chi connectivity index (χ1) is 6.18. The number of imidazole rings is 1. The van der Waals surface area contributed by atoms with Crippen molar-refractivity contribution < 1.29 is 0 Å². The van der Waals surface area contributed by atoms with Crippen molar-refractivity contribution in [1.29, 1.82) is 0 Å². The molecule has 0 radical (unpaired) electrons. The van der Waals surface area contributed by atoms with Crippen LogP contribution in [0.25, 0.3) is 0 Å². The average Bonchev–Trinajstić information content (AvgIpc) is 2.36. The van der Waals surface area contributed by atoms with Crippen LogP contribution >= 0.6 is 0 Å². The molecule has 1 unspecified atom stereocenters. The molecule has 4 nitrogen and oxygen atoms in total. The van der Waals surface area contributed by atoms with Crippen LogP contribution in [0.1, 0.15) is 19.0 Å². The topological polar surface area (TPSA) is 47.1 Å². The van der Waals surface area contributed by atoms with Crippen LogP contribution in [0, 0.1) is 0 Å². The molecule has 0 amide bonds. The molecule has 1 aromatic rings. The lowest BCUT2D eigenvalue weighted by Gasteiger charge is -2.20. The lowest BCUT2D eigenvalue weighted by Crippen LogP contribution is -2.26. The van der Waals surface area contributed by atoms with Crippen LogP contribution in [0.2, 0.25) is 0 Å². The molecule has 1 atom stereocenters. The predicted octanol–water partition coefficient (Wildman–Crippen LogP) is 0.689. The monoisotopic (exact) mass is 180 g/mol. The quantitative estimate of drug-likeness (QED) is 0.639. The standard InChI is InChI=1S/C9H16N4/c1-7-3-4-13-8(6-12(7)2)5-11-9(13)10/h5,7H,3-4,6H2,1-2H3,(H2,10,11). The van der Waals surface area contributed by atoms with Crippen LogP contribution in [0.5, 0.6) is 0 Å². The lowest BCUT2D eigenvalue weighted by molar-refractivity contribution is 0.246. The normalized spacial score (nSPS) is 24.0. The minimum absolute atomic E-state index is 0.624. The zero-order chi connectivity index (χ0) is 9.42. The number of aromatic nitrogens is 2. The number of hydrogen-bond donors (Lipinski definition) is 1. The Morgan fingerprint density at radius 2 is 2.38 bits per heavy atom. The second kappa shape index (κ2) is 3.03. The van der Waals surface area contributed by atoms with E-state index in [0.717, 1.165) is 19.5 Å². The molecule has 0 fully saturated rings. The summed E-state index contributed by atoms with van der Waals surface area (Å²) >= 11 is 0. The first-order valence-corrected chi connectivity index (χ1v) is 4.68. The molecule has 2 heterocycles. The lowest BCUT2D eigenvalue weighted by atomic mass is 10.2. The highest BCUT2D eigenvalue weighted by molar-refractivity contribution is 5.23. The van der Waals surface area contributed by atoms with Crippen molar-refractivity contribution in [3.63, 3.8) is 0 Å². The summed E-state index contributed by atoms with van der Waals surface area (Å²) in [5, 5.41) is 0. The number of nitrogens with zero attached hydrogens (tertiary/aromatic N) is 3. The Labute approximate surface area is 78.4 Å². The molecule has 0 bridgehead atoms. The van der Waals surface area contributed by atoms with Crippen molar-refractivity contribution in [2.75, 3.05) is 12.8 Å². The molecule has 0 saturated heterocycles. The fourth-order valence-electron chi connectivity index (χ4n) is 1.76. The van der Waals surface area contributed by atoms with Crippen LogP contribution < -0.4 is 5.73 Å². The van der Waals surface area contributed by atoms with Gasteiger partial charge in [-0.2, -0.15) is 0 Å². The number of rotatable bonds is 0. The van der Waals surface area contributed by atoms with Crippen molar-refractivity contribution in [1.82, 2.24) is 14.5 Å². The molecular weight excluding hydrogens is 164 g/mol. The van der Waals surface area contributed by atoms with Gasteiger partial charge in [-0.1, -0.05) is 0 Å². The Bertz CT molecular complexity index is 305. The van der Waals surface area contributed by atoms with E-state index >= 15 is 0 Å². The first-order valence-electron chi connectivity index (χ1n) is 4.68. The molecule has 13 heavy (non-hydrogen) atoms. The summed E-state index contributed by atoms with van der Waals surface area (Å²) in [5.74, 6) is 0.650. The third-order valence-electron chi connectivity index (χ3n) is 2.90. The second-order valence-corrected chi connectivity index (χ2v) is 3.81. The maximum Gasteiger partial charge on any atom is 0.200 e. The van der Waals surface area contributed by atoms with E-state index < -0.39 is 0 Å². The Kier molecular flexibility index (Phi) is 2.00. The average molecular weight is 180 g/mol. The summed E-state index contributed by atoms with van der Waals surface area (Å²) in [4.78, 5) is 6.45. The smallest absolute Gasteiger partial charge is 0.200 e. The van der Waals surface area contributed by atoms with Gasteiger partial charge in [-0.3, -0.25) is 4.90 Å². The van der Waals surface area contributed by atoms with Crippen LogP contribution in [-0.4, -0.2) is 27.5 Å². The zero-order valence-electron chi connectivity index (χ0n) is 8.20. The largest absolute Gasteiger partial charge is 0.369 e. The van der Waals surface area contributed by atoms with Crippen molar-refractivity contribution >= 4 is 5.95 Å². The predicted molar refractivity (Wildman–Crippen MR) is 52.2 cm³/mol. The number of nitrogen functional groups attached to an aromatic ring is 1.